The normalized spacial score (nSPS) is 14.7. The van der Waals surface area contributed by atoms with Crippen LogP contribution in [0.25, 0.3) is 6.08 Å². The Kier molecular flexibility index (Phi) is 14.6. The summed E-state index contributed by atoms with van der Waals surface area (Å²) < 4.78 is 0. The second-order valence-electron chi connectivity index (χ2n) is 12.9. The zero-order valence-corrected chi connectivity index (χ0v) is 27.9. The highest BCUT2D eigenvalue weighted by molar-refractivity contribution is 5.77. The average molecular weight is 588 g/mol. The summed E-state index contributed by atoms with van der Waals surface area (Å²) in [5.74, 6) is 0.645. The van der Waals surface area contributed by atoms with Gasteiger partial charge < -0.3 is 4.90 Å². The van der Waals surface area contributed by atoms with E-state index < -0.39 is 0 Å². The van der Waals surface area contributed by atoms with E-state index in [2.05, 4.69) is 129 Å². The van der Waals surface area contributed by atoms with E-state index in [1.807, 2.05) is 0 Å². The molecule has 0 radical (unpaired) electrons. The van der Waals surface area contributed by atoms with Crippen molar-refractivity contribution in [3.63, 3.8) is 0 Å². The molecule has 0 N–H and O–H groups in total. The summed E-state index contributed by atoms with van der Waals surface area (Å²) in [6.07, 6.45) is 30.9. The lowest BCUT2D eigenvalue weighted by Crippen LogP contribution is -2.10. The molecule has 3 aromatic rings. The van der Waals surface area contributed by atoms with Gasteiger partial charge in [-0.05, 0) is 96.7 Å². The van der Waals surface area contributed by atoms with E-state index in [1.54, 1.807) is 0 Å². The Morgan fingerprint density at radius 1 is 0.568 bits per heavy atom. The van der Waals surface area contributed by atoms with Gasteiger partial charge >= 0.3 is 0 Å². The van der Waals surface area contributed by atoms with Gasteiger partial charge in [-0.3, -0.25) is 0 Å². The second kappa shape index (κ2) is 19.1. The SMILES string of the molecule is CCCCCCCCc1ccc(N(c2ccc(/C=C/C3=CCC(C)C=C3)cc2)c2ccc(CCCCCCCC)cc2)cc1. The summed E-state index contributed by atoms with van der Waals surface area (Å²) in [4.78, 5) is 2.41. The molecule has 0 fully saturated rings. The lowest BCUT2D eigenvalue weighted by atomic mass is 9.98. The van der Waals surface area contributed by atoms with Crippen LogP contribution in [0.1, 0.15) is 121 Å². The molecule has 234 valence electrons. The predicted octanol–water partition coefficient (Wildman–Crippen LogP) is 13.5. The molecule has 0 heterocycles. The highest BCUT2D eigenvalue weighted by atomic mass is 15.1. The van der Waals surface area contributed by atoms with Crippen molar-refractivity contribution in [2.45, 2.75) is 117 Å². The third-order valence-corrected chi connectivity index (χ3v) is 8.99. The average Bonchev–Trinajstić information content (AvgIpc) is 3.06. The Morgan fingerprint density at radius 3 is 1.48 bits per heavy atom. The fourth-order valence-electron chi connectivity index (χ4n) is 6.08. The van der Waals surface area contributed by atoms with Crippen molar-refractivity contribution in [3.8, 4) is 0 Å². The molecule has 1 aliphatic rings. The van der Waals surface area contributed by atoms with Gasteiger partial charge in [0.2, 0.25) is 0 Å². The molecule has 0 amide bonds. The third kappa shape index (κ3) is 11.3. The molecule has 4 rings (SSSR count). The molecule has 0 saturated carbocycles. The first-order chi connectivity index (χ1) is 21.7. The zero-order chi connectivity index (χ0) is 30.8. The van der Waals surface area contributed by atoms with Crippen LogP contribution in [-0.2, 0) is 12.8 Å². The largest absolute Gasteiger partial charge is 0.311 e. The van der Waals surface area contributed by atoms with Gasteiger partial charge in [0.15, 0.2) is 0 Å². The molecular formula is C43H57N. The fourth-order valence-corrected chi connectivity index (χ4v) is 6.08. The maximum absolute atomic E-state index is 2.41. The van der Waals surface area contributed by atoms with Crippen LogP contribution in [0.4, 0.5) is 17.1 Å². The number of rotatable bonds is 19. The van der Waals surface area contributed by atoms with Gasteiger partial charge in [0.05, 0.1) is 0 Å². The van der Waals surface area contributed by atoms with Crippen LogP contribution in [0.2, 0.25) is 0 Å². The maximum Gasteiger partial charge on any atom is 0.0462 e. The first-order valence-electron chi connectivity index (χ1n) is 17.8. The van der Waals surface area contributed by atoms with Crippen LogP contribution in [0.3, 0.4) is 0 Å². The fraction of sp³-hybridized carbons (Fsp3) is 0.442. The number of nitrogens with zero attached hydrogens (tertiary/aromatic N) is 1. The molecule has 1 atom stereocenters. The van der Waals surface area contributed by atoms with Crippen LogP contribution in [0, 0.1) is 5.92 Å². The minimum Gasteiger partial charge on any atom is -0.311 e. The van der Waals surface area contributed by atoms with Gasteiger partial charge in [-0.15, -0.1) is 0 Å². The number of aryl methyl sites for hydroxylation is 2. The smallest absolute Gasteiger partial charge is 0.0462 e. The van der Waals surface area contributed by atoms with Crippen molar-refractivity contribution >= 4 is 23.1 Å². The minimum absolute atomic E-state index is 0.645. The van der Waals surface area contributed by atoms with E-state index in [4.69, 9.17) is 0 Å². The number of allylic oxidation sites excluding steroid dienone is 5. The summed E-state index contributed by atoms with van der Waals surface area (Å²) in [5, 5.41) is 0. The first-order valence-corrected chi connectivity index (χ1v) is 17.8. The number of anilines is 3. The summed E-state index contributed by atoms with van der Waals surface area (Å²) in [6.45, 7) is 6.84. The Balaban J connectivity index is 1.46. The quantitative estimate of drug-likeness (QED) is 0.126. The van der Waals surface area contributed by atoms with Crippen molar-refractivity contribution in [3.05, 3.63) is 119 Å². The number of benzene rings is 3. The maximum atomic E-state index is 2.41. The molecule has 0 spiro atoms. The summed E-state index contributed by atoms with van der Waals surface area (Å²) in [7, 11) is 0. The summed E-state index contributed by atoms with van der Waals surface area (Å²) in [6, 6.07) is 27.6. The standard InChI is InChI=1S/C43H57N/c1-4-6-8-10-12-14-16-37-24-30-41(31-25-37)44(42-32-26-38(27-33-42)17-15-13-11-9-7-5-2)43-34-28-40(29-35-43)23-22-39-20-18-36(3)19-21-39/h18,20-36H,4-17,19H2,1-3H3/b23-22+. The van der Waals surface area contributed by atoms with Gasteiger partial charge in [0.25, 0.3) is 0 Å². The molecule has 0 bridgehead atoms. The highest BCUT2D eigenvalue weighted by Gasteiger charge is 2.13. The van der Waals surface area contributed by atoms with Crippen LogP contribution >= 0.6 is 0 Å². The Morgan fingerprint density at radius 2 is 1.02 bits per heavy atom. The zero-order valence-electron chi connectivity index (χ0n) is 27.9. The monoisotopic (exact) mass is 587 g/mol. The first kappa shape index (κ1) is 33.6. The minimum atomic E-state index is 0.645. The van der Waals surface area contributed by atoms with Crippen molar-refractivity contribution in [1.29, 1.82) is 0 Å². The van der Waals surface area contributed by atoms with Crippen molar-refractivity contribution in [2.75, 3.05) is 4.90 Å². The van der Waals surface area contributed by atoms with E-state index >= 15 is 0 Å². The molecule has 0 aliphatic heterocycles. The molecule has 1 nitrogen and oxygen atoms in total. The van der Waals surface area contributed by atoms with E-state index in [1.165, 1.54) is 129 Å². The highest BCUT2D eigenvalue weighted by Crippen LogP contribution is 2.35. The Hall–Kier alpha value is -3.32. The van der Waals surface area contributed by atoms with E-state index in [-0.39, 0.29) is 0 Å². The summed E-state index contributed by atoms with van der Waals surface area (Å²) in [5.41, 5.74) is 9.05. The Bertz CT molecular complexity index is 1230. The molecule has 1 aliphatic carbocycles. The molecule has 3 aromatic carbocycles. The van der Waals surface area contributed by atoms with Crippen LogP contribution in [0.5, 0.6) is 0 Å². The van der Waals surface area contributed by atoms with Crippen molar-refractivity contribution in [2.24, 2.45) is 5.92 Å². The topological polar surface area (TPSA) is 3.24 Å². The lowest BCUT2D eigenvalue weighted by Gasteiger charge is -2.26. The van der Waals surface area contributed by atoms with E-state index in [0.29, 0.717) is 5.92 Å². The predicted molar refractivity (Wildman–Crippen MR) is 195 cm³/mol. The third-order valence-electron chi connectivity index (χ3n) is 8.99. The van der Waals surface area contributed by atoms with E-state index in [9.17, 15) is 0 Å². The molecule has 1 heteroatoms. The molecule has 44 heavy (non-hydrogen) atoms. The van der Waals surface area contributed by atoms with Crippen LogP contribution < -0.4 is 4.90 Å². The molecule has 0 aromatic heterocycles. The van der Waals surface area contributed by atoms with Gasteiger partial charge in [-0.1, -0.05) is 152 Å². The van der Waals surface area contributed by atoms with Gasteiger partial charge in [-0.25, -0.2) is 0 Å². The Labute approximate surface area is 269 Å². The van der Waals surface area contributed by atoms with Crippen molar-refractivity contribution in [1.82, 2.24) is 0 Å². The van der Waals surface area contributed by atoms with Gasteiger partial charge in [0.1, 0.15) is 0 Å². The van der Waals surface area contributed by atoms with E-state index in [0.717, 1.165) is 6.42 Å². The van der Waals surface area contributed by atoms with Crippen LogP contribution in [-0.4, -0.2) is 0 Å². The molecular weight excluding hydrogens is 530 g/mol. The summed E-state index contributed by atoms with van der Waals surface area (Å²) >= 11 is 0. The second-order valence-corrected chi connectivity index (χ2v) is 12.9. The van der Waals surface area contributed by atoms with Crippen LogP contribution in [0.15, 0.2) is 103 Å². The van der Waals surface area contributed by atoms with Gasteiger partial charge in [0, 0.05) is 17.1 Å². The molecule has 0 saturated heterocycles. The molecule has 1 unspecified atom stereocenters. The van der Waals surface area contributed by atoms with Gasteiger partial charge in [-0.2, -0.15) is 0 Å². The number of unbranched alkanes of at least 4 members (excludes halogenated alkanes) is 10. The van der Waals surface area contributed by atoms with Crippen molar-refractivity contribution < 1.29 is 0 Å². The number of hydrogen-bond donors (Lipinski definition) is 0. The number of hydrogen-bond acceptors (Lipinski definition) is 1. The lowest BCUT2D eigenvalue weighted by molar-refractivity contribution is 0.607.